The Balaban J connectivity index is 1.39. The number of aromatic nitrogens is 4. The molecule has 0 bridgehead atoms. The maximum absolute atomic E-state index is 13.3. The number of rotatable bonds is 7. The van der Waals surface area contributed by atoms with Crippen LogP contribution in [0.25, 0.3) is 16.6 Å². The third-order valence-electron chi connectivity index (χ3n) is 6.44. The number of urea groups is 2. The summed E-state index contributed by atoms with van der Waals surface area (Å²) < 4.78 is 13.1. The molecule has 5 aromatic rings. The van der Waals surface area contributed by atoms with Crippen molar-refractivity contribution in [1.82, 2.24) is 25.1 Å². The summed E-state index contributed by atoms with van der Waals surface area (Å²) >= 11 is 0. The van der Waals surface area contributed by atoms with E-state index in [1.165, 1.54) is 13.2 Å². The van der Waals surface area contributed by atoms with Gasteiger partial charge in [0.2, 0.25) is 0 Å². The van der Waals surface area contributed by atoms with Crippen molar-refractivity contribution < 1.29 is 19.1 Å². The van der Waals surface area contributed by atoms with Crippen molar-refractivity contribution in [2.24, 2.45) is 0 Å². The van der Waals surface area contributed by atoms with E-state index in [4.69, 9.17) is 14.6 Å². The minimum atomic E-state index is -0.463. The second-order valence-corrected chi connectivity index (χ2v) is 10.5. The van der Waals surface area contributed by atoms with Gasteiger partial charge in [0.15, 0.2) is 0 Å². The molecule has 0 aliphatic heterocycles. The Morgan fingerprint density at radius 1 is 0.837 bits per heavy atom. The Morgan fingerprint density at radius 2 is 1.63 bits per heavy atom. The zero-order chi connectivity index (χ0) is 30.6. The van der Waals surface area contributed by atoms with Crippen molar-refractivity contribution >= 4 is 40.3 Å². The normalized spacial score (nSPS) is 11.1. The summed E-state index contributed by atoms with van der Waals surface area (Å²) in [7, 11) is 3.13. The number of hydrogen-bond acceptors (Lipinski definition) is 7. The second-order valence-electron chi connectivity index (χ2n) is 10.5. The molecule has 0 aliphatic rings. The second kappa shape index (κ2) is 12.1. The Kier molecular flexibility index (Phi) is 8.10. The molecule has 4 N–H and O–H groups in total. The highest BCUT2D eigenvalue weighted by molar-refractivity contribution is 6.06. The van der Waals surface area contributed by atoms with Crippen LogP contribution in [0.4, 0.5) is 26.9 Å². The number of carbonyl (C=O) groups is 2. The van der Waals surface area contributed by atoms with E-state index in [2.05, 4.69) is 52.0 Å². The van der Waals surface area contributed by atoms with Crippen molar-refractivity contribution in [2.75, 3.05) is 30.1 Å². The van der Waals surface area contributed by atoms with Gasteiger partial charge in [-0.1, -0.05) is 20.8 Å². The number of nitrogens with one attached hydrogen (secondary N) is 4. The third kappa shape index (κ3) is 6.64. The monoisotopic (exact) mass is 580 g/mol. The molecule has 0 spiro atoms. The number of hydrogen-bond donors (Lipinski definition) is 4. The third-order valence-corrected chi connectivity index (χ3v) is 6.44. The van der Waals surface area contributed by atoms with Crippen LogP contribution in [-0.4, -0.2) is 46.0 Å². The van der Waals surface area contributed by atoms with Crippen molar-refractivity contribution in [3.05, 3.63) is 84.8 Å². The molecule has 5 rings (SSSR count). The topological polar surface area (TPSA) is 144 Å². The number of methoxy groups -OCH3 is 1. The lowest BCUT2D eigenvalue weighted by Gasteiger charge is -2.14. The van der Waals surface area contributed by atoms with Crippen LogP contribution in [0.5, 0.6) is 17.2 Å². The first-order chi connectivity index (χ1) is 20.6. The quantitative estimate of drug-likeness (QED) is 0.177. The maximum atomic E-state index is 13.3. The summed E-state index contributed by atoms with van der Waals surface area (Å²) in [6.45, 7) is 6.18. The van der Waals surface area contributed by atoms with Gasteiger partial charge in [0, 0.05) is 42.4 Å². The van der Waals surface area contributed by atoms with Crippen molar-refractivity contribution in [3.8, 4) is 22.9 Å². The standard InChI is InChI=1S/C31H32N8O4/c1-31(2,3)25-18-27(39(38-25)19-8-10-20(42-5)11-9-19)37-30(41)35-23-12-13-24(22-7-6-15-34-28(22)23)43-21-14-16-33-26(17-21)36-29(40)32-4/h6-18H,1-5H3,(H2,35,37,41)(H2,32,33,36,40). The first-order valence-corrected chi connectivity index (χ1v) is 13.5. The highest BCUT2D eigenvalue weighted by atomic mass is 16.5. The number of nitrogens with zero attached hydrogens (tertiary/aromatic N) is 4. The molecule has 2 aromatic carbocycles. The highest BCUT2D eigenvalue weighted by Gasteiger charge is 2.22. The average molecular weight is 581 g/mol. The van der Waals surface area contributed by atoms with Gasteiger partial charge in [-0.2, -0.15) is 5.10 Å². The van der Waals surface area contributed by atoms with Gasteiger partial charge in [-0.05, 0) is 54.6 Å². The lowest BCUT2D eigenvalue weighted by Crippen LogP contribution is -2.24. The summed E-state index contributed by atoms with van der Waals surface area (Å²) in [6.07, 6.45) is 3.17. The van der Waals surface area contributed by atoms with Gasteiger partial charge in [0.25, 0.3) is 0 Å². The number of fused-ring (bicyclic) bond motifs is 1. The molecule has 12 heteroatoms. The summed E-state index contributed by atoms with van der Waals surface area (Å²) in [6, 6.07) is 18.8. The SMILES string of the molecule is CNC(=O)Nc1cc(Oc2ccc(NC(=O)Nc3cc(C(C)(C)C)nn3-c3ccc(OC)cc3)c3ncccc23)ccn1. The van der Waals surface area contributed by atoms with Gasteiger partial charge in [0.05, 0.1) is 29.7 Å². The zero-order valence-corrected chi connectivity index (χ0v) is 24.4. The Labute approximate surface area is 248 Å². The number of carbonyl (C=O) groups excluding carboxylic acids is 2. The molecule has 0 atom stereocenters. The van der Waals surface area contributed by atoms with Gasteiger partial charge < -0.3 is 20.1 Å². The predicted molar refractivity (Wildman–Crippen MR) is 166 cm³/mol. The molecule has 0 unspecified atom stereocenters. The average Bonchev–Trinajstić information content (AvgIpc) is 3.43. The minimum Gasteiger partial charge on any atom is -0.497 e. The van der Waals surface area contributed by atoms with Crippen molar-refractivity contribution in [3.63, 3.8) is 0 Å². The number of benzene rings is 2. The van der Waals surface area contributed by atoms with Gasteiger partial charge in [-0.15, -0.1) is 0 Å². The van der Waals surface area contributed by atoms with E-state index >= 15 is 0 Å². The van der Waals surface area contributed by atoms with Gasteiger partial charge in [-0.3, -0.25) is 15.6 Å². The lowest BCUT2D eigenvalue weighted by molar-refractivity contribution is 0.254. The van der Waals surface area contributed by atoms with E-state index in [9.17, 15) is 9.59 Å². The molecule has 12 nitrogen and oxygen atoms in total. The van der Waals surface area contributed by atoms with Crippen molar-refractivity contribution in [1.29, 1.82) is 0 Å². The molecule has 0 saturated carbocycles. The fourth-order valence-electron chi connectivity index (χ4n) is 4.21. The van der Waals surface area contributed by atoms with Crippen LogP contribution >= 0.6 is 0 Å². The first kappa shape index (κ1) is 28.9. The van der Waals surface area contributed by atoms with Crippen molar-refractivity contribution in [2.45, 2.75) is 26.2 Å². The van der Waals surface area contributed by atoms with E-state index in [1.807, 2.05) is 36.4 Å². The predicted octanol–water partition coefficient (Wildman–Crippen LogP) is 6.31. The Bertz CT molecular complexity index is 1780. The number of ether oxygens (including phenoxy) is 2. The molecule has 0 saturated heterocycles. The van der Waals surface area contributed by atoms with Crippen LogP contribution < -0.4 is 30.7 Å². The fraction of sp³-hybridized carbons (Fsp3) is 0.194. The molecule has 220 valence electrons. The summed E-state index contributed by atoms with van der Waals surface area (Å²) in [5.74, 6) is 2.53. The van der Waals surface area contributed by atoms with E-state index in [0.29, 0.717) is 39.7 Å². The molecule has 0 radical (unpaired) electrons. The molecule has 0 fully saturated rings. The molecule has 3 heterocycles. The highest BCUT2D eigenvalue weighted by Crippen LogP contribution is 2.34. The minimum absolute atomic E-state index is 0.241. The number of amides is 4. The Hall–Kier alpha value is -5.65. The number of pyridine rings is 2. The summed E-state index contributed by atoms with van der Waals surface area (Å²) in [5.41, 5.74) is 2.37. The lowest BCUT2D eigenvalue weighted by atomic mass is 9.92. The van der Waals surface area contributed by atoms with E-state index in [0.717, 1.165) is 17.1 Å². The molecule has 4 amide bonds. The van der Waals surface area contributed by atoms with Gasteiger partial charge in [0.1, 0.15) is 28.9 Å². The Morgan fingerprint density at radius 3 is 2.35 bits per heavy atom. The molecule has 43 heavy (non-hydrogen) atoms. The summed E-state index contributed by atoms with van der Waals surface area (Å²) in [5, 5.41) is 16.4. The zero-order valence-electron chi connectivity index (χ0n) is 24.4. The largest absolute Gasteiger partial charge is 0.497 e. The van der Waals surface area contributed by atoms with Crippen LogP contribution in [0.3, 0.4) is 0 Å². The van der Waals surface area contributed by atoms with E-state index < -0.39 is 12.1 Å². The van der Waals surface area contributed by atoms with Crippen LogP contribution in [0, 0.1) is 0 Å². The van der Waals surface area contributed by atoms with E-state index in [-0.39, 0.29) is 5.41 Å². The van der Waals surface area contributed by atoms with Crippen LogP contribution in [-0.2, 0) is 5.41 Å². The fourth-order valence-corrected chi connectivity index (χ4v) is 4.21. The molecule has 3 aromatic heterocycles. The number of anilines is 3. The van der Waals surface area contributed by atoms with E-state index in [1.54, 1.807) is 48.3 Å². The first-order valence-electron chi connectivity index (χ1n) is 13.5. The van der Waals surface area contributed by atoms with Gasteiger partial charge in [-0.25, -0.2) is 19.3 Å². The smallest absolute Gasteiger partial charge is 0.324 e. The molecular formula is C31H32N8O4. The van der Waals surface area contributed by atoms with Crippen LogP contribution in [0.15, 0.2) is 79.1 Å². The van der Waals surface area contributed by atoms with Crippen LogP contribution in [0.1, 0.15) is 26.5 Å². The summed E-state index contributed by atoms with van der Waals surface area (Å²) in [4.78, 5) is 33.6. The van der Waals surface area contributed by atoms with Gasteiger partial charge >= 0.3 is 12.1 Å². The molecule has 0 aliphatic carbocycles. The molecular weight excluding hydrogens is 548 g/mol. The maximum Gasteiger partial charge on any atom is 0.324 e. The van der Waals surface area contributed by atoms with Crippen LogP contribution in [0.2, 0.25) is 0 Å².